The van der Waals surface area contributed by atoms with Crippen LogP contribution in [-0.4, -0.2) is 33.5 Å². The number of rotatable bonds is 5. The molecule has 8 heteroatoms. The van der Waals surface area contributed by atoms with E-state index < -0.39 is 10.0 Å². The summed E-state index contributed by atoms with van der Waals surface area (Å²) in [6, 6.07) is 7.42. The Labute approximate surface area is 130 Å². The third kappa shape index (κ3) is 4.78. The van der Waals surface area contributed by atoms with Crippen LogP contribution in [0.1, 0.15) is 19.8 Å². The van der Waals surface area contributed by atoms with Crippen molar-refractivity contribution in [3.63, 3.8) is 0 Å². The van der Waals surface area contributed by atoms with Crippen LogP contribution in [0.2, 0.25) is 5.02 Å². The van der Waals surface area contributed by atoms with Gasteiger partial charge in [-0.15, -0.1) is 0 Å². The number of unbranched alkanes of at least 4 members (excludes halogenated alkanes) is 1. The van der Waals surface area contributed by atoms with Crippen molar-refractivity contribution in [1.29, 1.82) is 0 Å². The van der Waals surface area contributed by atoms with E-state index in [4.69, 9.17) is 11.6 Å². The summed E-state index contributed by atoms with van der Waals surface area (Å²) in [5, 5.41) is 3.64. The van der Waals surface area contributed by atoms with Gasteiger partial charge in [0.25, 0.3) is 0 Å². The molecule has 1 aromatic carbocycles. The van der Waals surface area contributed by atoms with Gasteiger partial charge in [0.1, 0.15) is 6.67 Å². The second-order valence-corrected chi connectivity index (χ2v) is 7.05. The minimum absolute atomic E-state index is 0.116. The number of hydrogen-bond donors (Lipinski definition) is 2. The highest BCUT2D eigenvalue weighted by molar-refractivity contribution is 7.90. The zero-order chi connectivity index (χ0) is 15.3. The third-order valence-corrected chi connectivity index (χ3v) is 4.63. The maximum absolute atomic E-state index is 11.8. The van der Waals surface area contributed by atoms with Crippen molar-refractivity contribution in [2.75, 3.05) is 24.0 Å². The summed E-state index contributed by atoms with van der Waals surface area (Å²) in [7, 11) is -3.31. The van der Waals surface area contributed by atoms with E-state index in [1.165, 1.54) is 0 Å². The predicted octanol–water partition coefficient (Wildman–Crippen LogP) is 1.74. The van der Waals surface area contributed by atoms with E-state index in [1.807, 2.05) is 36.1 Å². The Kier molecular flexibility index (Phi) is 5.30. The van der Waals surface area contributed by atoms with Crippen molar-refractivity contribution >= 4 is 33.3 Å². The second-order valence-electron chi connectivity index (χ2n) is 4.77. The summed E-state index contributed by atoms with van der Waals surface area (Å²) in [5.74, 6) is 0.418. The second kappa shape index (κ2) is 7.00. The smallest absolute Gasteiger partial charge is 0.234 e. The fourth-order valence-electron chi connectivity index (χ4n) is 1.86. The maximum atomic E-state index is 11.8. The van der Waals surface area contributed by atoms with Crippen LogP contribution in [0.4, 0.5) is 5.69 Å². The van der Waals surface area contributed by atoms with Crippen LogP contribution in [0.5, 0.6) is 0 Å². The van der Waals surface area contributed by atoms with E-state index in [9.17, 15) is 8.42 Å². The molecule has 1 heterocycles. The fourth-order valence-corrected chi connectivity index (χ4v) is 3.19. The van der Waals surface area contributed by atoms with Crippen molar-refractivity contribution in [2.45, 2.75) is 19.8 Å². The zero-order valence-electron chi connectivity index (χ0n) is 11.8. The van der Waals surface area contributed by atoms with Gasteiger partial charge in [-0.2, -0.15) is 0 Å². The first-order valence-electron chi connectivity index (χ1n) is 6.79. The lowest BCUT2D eigenvalue weighted by molar-refractivity contribution is 0.586. The molecule has 0 atom stereocenters. The lowest BCUT2D eigenvalue weighted by Crippen LogP contribution is -2.50. The number of sulfonamides is 1. The molecule has 6 nitrogen and oxygen atoms in total. The highest BCUT2D eigenvalue weighted by atomic mass is 35.5. The summed E-state index contributed by atoms with van der Waals surface area (Å²) >= 11 is 5.85. The molecule has 2 N–H and O–H groups in total. The van der Waals surface area contributed by atoms with E-state index >= 15 is 0 Å². The molecule has 0 amide bonds. The molecule has 0 fully saturated rings. The molecule has 0 spiro atoms. The molecule has 21 heavy (non-hydrogen) atoms. The number of aliphatic imine (C=N–C) groups is 1. The molecule has 0 unspecified atom stereocenters. The fraction of sp³-hybridized carbons (Fsp3) is 0.462. The van der Waals surface area contributed by atoms with E-state index in [-0.39, 0.29) is 5.75 Å². The van der Waals surface area contributed by atoms with Crippen LogP contribution < -0.4 is 14.9 Å². The van der Waals surface area contributed by atoms with Gasteiger partial charge in [-0.05, 0) is 30.7 Å². The van der Waals surface area contributed by atoms with Gasteiger partial charge in [-0.25, -0.2) is 13.4 Å². The van der Waals surface area contributed by atoms with Crippen molar-refractivity contribution in [3.8, 4) is 0 Å². The van der Waals surface area contributed by atoms with Gasteiger partial charge in [0.2, 0.25) is 16.0 Å². The Balaban J connectivity index is 1.94. The summed E-state index contributed by atoms with van der Waals surface area (Å²) in [6.45, 7) is 2.83. The van der Waals surface area contributed by atoms with Crippen molar-refractivity contribution < 1.29 is 8.42 Å². The Hall–Kier alpha value is -1.47. The van der Waals surface area contributed by atoms with Crippen molar-refractivity contribution in [3.05, 3.63) is 29.3 Å². The Morgan fingerprint density at radius 2 is 2.10 bits per heavy atom. The number of nitrogens with one attached hydrogen (secondary N) is 2. The van der Waals surface area contributed by atoms with Crippen LogP contribution in [0.25, 0.3) is 0 Å². The van der Waals surface area contributed by atoms with Gasteiger partial charge in [-0.1, -0.05) is 24.9 Å². The van der Waals surface area contributed by atoms with Gasteiger partial charge in [0.05, 0.1) is 12.4 Å². The monoisotopic (exact) mass is 330 g/mol. The first-order chi connectivity index (χ1) is 10.00. The van der Waals surface area contributed by atoms with Crippen LogP contribution >= 0.6 is 11.6 Å². The molecule has 1 aliphatic rings. The predicted molar refractivity (Wildman–Crippen MR) is 86.1 cm³/mol. The number of anilines is 1. The number of nitrogens with zero attached hydrogens (tertiary/aromatic N) is 2. The quantitative estimate of drug-likeness (QED) is 0.862. The van der Waals surface area contributed by atoms with Crippen LogP contribution in [0, 0.1) is 0 Å². The molecule has 1 aliphatic heterocycles. The molecule has 0 saturated heterocycles. The lowest BCUT2D eigenvalue weighted by atomic mass is 10.3. The zero-order valence-corrected chi connectivity index (χ0v) is 13.4. The third-order valence-electron chi connectivity index (χ3n) is 3.05. The molecular formula is C13H19ClN4O2S. The van der Waals surface area contributed by atoms with Gasteiger partial charge in [0, 0.05) is 10.7 Å². The van der Waals surface area contributed by atoms with Gasteiger partial charge in [0.15, 0.2) is 0 Å². The van der Waals surface area contributed by atoms with Crippen LogP contribution in [0.15, 0.2) is 29.3 Å². The van der Waals surface area contributed by atoms with Gasteiger partial charge in [-0.3, -0.25) is 4.72 Å². The van der Waals surface area contributed by atoms with E-state index in [0.29, 0.717) is 30.7 Å². The minimum atomic E-state index is -3.31. The van der Waals surface area contributed by atoms with Crippen molar-refractivity contribution in [1.82, 2.24) is 10.0 Å². The van der Waals surface area contributed by atoms with E-state index in [0.717, 1.165) is 12.1 Å². The average Bonchev–Trinajstić information content (AvgIpc) is 2.47. The summed E-state index contributed by atoms with van der Waals surface area (Å²) in [6.07, 6.45) is 1.48. The Morgan fingerprint density at radius 1 is 1.38 bits per heavy atom. The topological polar surface area (TPSA) is 73.8 Å². The molecular weight excluding hydrogens is 312 g/mol. The highest BCUT2D eigenvalue weighted by Gasteiger charge is 2.17. The summed E-state index contributed by atoms with van der Waals surface area (Å²) in [5.41, 5.74) is 0.976. The molecule has 116 valence electrons. The minimum Gasteiger partial charge on any atom is -0.338 e. The maximum Gasteiger partial charge on any atom is 0.234 e. The van der Waals surface area contributed by atoms with Crippen LogP contribution in [-0.2, 0) is 10.0 Å². The molecule has 0 aromatic heterocycles. The SMILES string of the molecule is CCCCS(=O)(=O)NC1=NCN(c2ccc(Cl)cc2)CN1. The first-order valence-corrected chi connectivity index (χ1v) is 8.82. The number of benzene rings is 1. The van der Waals surface area contributed by atoms with Gasteiger partial charge < -0.3 is 10.2 Å². The first kappa shape index (κ1) is 15.9. The van der Waals surface area contributed by atoms with Crippen LogP contribution in [0.3, 0.4) is 0 Å². The molecule has 0 aliphatic carbocycles. The lowest BCUT2D eigenvalue weighted by Gasteiger charge is -2.28. The molecule has 0 bridgehead atoms. The standard InChI is InChI=1S/C13H19ClN4O2S/c1-2-3-8-21(19,20)17-13-15-9-18(10-16-13)12-6-4-11(14)5-7-12/h4-7H,2-3,8-10H2,1H3,(H2,15,16,17). The van der Waals surface area contributed by atoms with E-state index in [1.54, 1.807) is 0 Å². The highest BCUT2D eigenvalue weighted by Crippen LogP contribution is 2.18. The molecule has 0 radical (unpaired) electrons. The Bertz CT molecular complexity index is 601. The largest absolute Gasteiger partial charge is 0.338 e. The average molecular weight is 331 g/mol. The normalized spacial score (nSPS) is 15.3. The molecule has 1 aromatic rings. The van der Waals surface area contributed by atoms with E-state index in [2.05, 4.69) is 15.0 Å². The van der Waals surface area contributed by atoms with Crippen molar-refractivity contribution in [2.24, 2.45) is 4.99 Å². The Morgan fingerprint density at radius 3 is 2.67 bits per heavy atom. The number of guanidine groups is 1. The summed E-state index contributed by atoms with van der Waals surface area (Å²) in [4.78, 5) is 6.18. The number of halogens is 1. The molecule has 2 rings (SSSR count). The van der Waals surface area contributed by atoms with Gasteiger partial charge >= 0.3 is 0 Å². The molecule has 0 saturated carbocycles. The summed E-state index contributed by atoms with van der Waals surface area (Å²) < 4.78 is 26.0. The number of hydrogen-bond acceptors (Lipinski definition) is 5.